The van der Waals surface area contributed by atoms with Crippen LogP contribution in [-0.4, -0.2) is 55.6 Å². The van der Waals surface area contributed by atoms with Crippen LogP contribution in [0.25, 0.3) is 0 Å². The normalized spacial score (nSPS) is 27.1. The van der Waals surface area contributed by atoms with Gasteiger partial charge in [0.1, 0.15) is 0 Å². The Labute approximate surface area is 105 Å². The van der Waals surface area contributed by atoms with E-state index in [1.54, 1.807) is 4.31 Å². The van der Waals surface area contributed by atoms with Gasteiger partial charge in [-0.05, 0) is 40.2 Å². The third-order valence-corrected chi connectivity index (χ3v) is 5.30. The van der Waals surface area contributed by atoms with Gasteiger partial charge in [0.15, 0.2) is 0 Å². The Morgan fingerprint density at radius 2 is 1.71 bits per heavy atom. The summed E-state index contributed by atoms with van der Waals surface area (Å²) in [5.74, 6) is 0. The molecule has 2 saturated heterocycles. The zero-order valence-electron chi connectivity index (χ0n) is 11.4. The van der Waals surface area contributed by atoms with E-state index in [0.29, 0.717) is 0 Å². The van der Waals surface area contributed by atoms with E-state index >= 15 is 0 Å². The summed E-state index contributed by atoms with van der Waals surface area (Å²) in [5, 5.41) is 0. The van der Waals surface area contributed by atoms with Crippen LogP contribution < -0.4 is 0 Å². The number of piperidine rings is 1. The zero-order valence-corrected chi connectivity index (χ0v) is 12.2. The third kappa shape index (κ3) is 2.66. The molecule has 0 radical (unpaired) electrons. The smallest absolute Gasteiger partial charge is 0.211 e. The lowest BCUT2D eigenvalue weighted by Gasteiger charge is -2.56. The van der Waals surface area contributed by atoms with Crippen molar-refractivity contribution in [2.75, 3.05) is 32.4 Å². The maximum atomic E-state index is 11.4. The van der Waals surface area contributed by atoms with Crippen molar-refractivity contribution in [2.45, 2.75) is 39.2 Å². The molecule has 0 aromatic rings. The molecule has 0 aliphatic carbocycles. The van der Waals surface area contributed by atoms with Crippen LogP contribution in [-0.2, 0) is 10.0 Å². The fourth-order valence-corrected chi connectivity index (χ4v) is 3.99. The van der Waals surface area contributed by atoms with Crippen LogP contribution in [0, 0.1) is 5.41 Å². The molecule has 5 heteroatoms. The number of hydrogen-bond donors (Lipinski definition) is 0. The van der Waals surface area contributed by atoms with Gasteiger partial charge in [-0.3, -0.25) is 4.90 Å². The van der Waals surface area contributed by atoms with E-state index in [2.05, 4.69) is 25.7 Å². The van der Waals surface area contributed by atoms with Gasteiger partial charge in [-0.15, -0.1) is 0 Å². The Bertz CT molecular complexity index is 391. The summed E-state index contributed by atoms with van der Waals surface area (Å²) < 4.78 is 24.5. The molecule has 100 valence electrons. The molecule has 2 rings (SSSR count). The molecule has 0 aromatic heterocycles. The molecule has 0 aromatic carbocycles. The molecule has 0 saturated carbocycles. The average molecular weight is 260 g/mol. The first kappa shape index (κ1) is 13.3. The molecule has 2 aliphatic rings. The second-order valence-electron chi connectivity index (χ2n) is 6.73. The number of nitrogens with zero attached hydrogens (tertiary/aromatic N) is 2. The van der Waals surface area contributed by atoms with Gasteiger partial charge < -0.3 is 0 Å². The highest BCUT2D eigenvalue weighted by molar-refractivity contribution is 7.88. The lowest BCUT2D eigenvalue weighted by Crippen LogP contribution is -2.65. The molecular weight excluding hydrogens is 236 g/mol. The summed E-state index contributed by atoms with van der Waals surface area (Å²) in [6, 6.07) is 0. The van der Waals surface area contributed by atoms with Gasteiger partial charge in [0.05, 0.1) is 6.26 Å². The van der Waals surface area contributed by atoms with Crippen molar-refractivity contribution in [2.24, 2.45) is 5.41 Å². The topological polar surface area (TPSA) is 40.6 Å². The van der Waals surface area contributed by atoms with Crippen molar-refractivity contribution >= 4 is 10.0 Å². The molecule has 0 N–H and O–H groups in total. The second kappa shape index (κ2) is 3.93. The first-order valence-corrected chi connectivity index (χ1v) is 8.18. The van der Waals surface area contributed by atoms with Crippen molar-refractivity contribution in [3.05, 3.63) is 0 Å². The van der Waals surface area contributed by atoms with Gasteiger partial charge in [0, 0.05) is 30.6 Å². The molecule has 17 heavy (non-hydrogen) atoms. The summed E-state index contributed by atoms with van der Waals surface area (Å²) in [7, 11) is -2.98. The fraction of sp³-hybridized carbons (Fsp3) is 1.00. The van der Waals surface area contributed by atoms with Gasteiger partial charge in [0.25, 0.3) is 0 Å². The molecule has 2 heterocycles. The summed E-state index contributed by atoms with van der Waals surface area (Å²) in [6.07, 6.45) is 3.67. The SMILES string of the molecule is CC(C)(C)N1CCCC2(C1)CN(S(C)(=O)=O)C2. The zero-order chi connectivity index (χ0) is 12.9. The molecular formula is C12H24N2O2S. The van der Waals surface area contributed by atoms with Gasteiger partial charge in [-0.25, -0.2) is 12.7 Å². The molecule has 0 amide bonds. The Morgan fingerprint density at radius 1 is 1.12 bits per heavy atom. The van der Waals surface area contributed by atoms with Crippen LogP contribution in [0.5, 0.6) is 0 Å². The first-order valence-electron chi connectivity index (χ1n) is 6.33. The van der Waals surface area contributed by atoms with Crippen LogP contribution in [0.1, 0.15) is 33.6 Å². The highest BCUT2D eigenvalue weighted by Crippen LogP contribution is 2.41. The van der Waals surface area contributed by atoms with E-state index < -0.39 is 10.0 Å². The van der Waals surface area contributed by atoms with E-state index in [1.807, 2.05) is 0 Å². The maximum Gasteiger partial charge on any atom is 0.211 e. The van der Waals surface area contributed by atoms with E-state index in [4.69, 9.17) is 0 Å². The van der Waals surface area contributed by atoms with E-state index in [9.17, 15) is 8.42 Å². The molecule has 2 aliphatic heterocycles. The standard InChI is InChI=1S/C12H24N2O2S/c1-11(2,3)13-7-5-6-12(8-13)9-14(10-12)17(4,15)16/h5-10H2,1-4H3. The molecule has 0 unspecified atom stereocenters. The quantitative estimate of drug-likeness (QED) is 0.710. The van der Waals surface area contributed by atoms with Crippen LogP contribution in [0.4, 0.5) is 0 Å². The van der Waals surface area contributed by atoms with Gasteiger partial charge >= 0.3 is 0 Å². The largest absolute Gasteiger partial charge is 0.298 e. The van der Waals surface area contributed by atoms with Gasteiger partial charge in [-0.2, -0.15) is 0 Å². The summed E-state index contributed by atoms with van der Waals surface area (Å²) in [6.45, 7) is 10.3. The molecule has 0 atom stereocenters. The van der Waals surface area contributed by atoms with Crippen molar-refractivity contribution in [1.29, 1.82) is 0 Å². The Morgan fingerprint density at radius 3 is 2.18 bits per heavy atom. The van der Waals surface area contributed by atoms with Crippen molar-refractivity contribution in [3.63, 3.8) is 0 Å². The number of sulfonamides is 1. The minimum atomic E-state index is -2.98. The van der Waals surface area contributed by atoms with Gasteiger partial charge in [-0.1, -0.05) is 0 Å². The monoisotopic (exact) mass is 260 g/mol. The third-order valence-electron chi connectivity index (χ3n) is 4.10. The Kier molecular flexibility index (Phi) is 3.08. The van der Waals surface area contributed by atoms with Crippen LogP contribution in [0.2, 0.25) is 0 Å². The van der Waals surface area contributed by atoms with Crippen molar-refractivity contribution in [1.82, 2.24) is 9.21 Å². The van der Waals surface area contributed by atoms with Crippen LogP contribution >= 0.6 is 0 Å². The molecule has 0 bridgehead atoms. The van der Waals surface area contributed by atoms with Gasteiger partial charge in [0.2, 0.25) is 10.0 Å². The highest BCUT2D eigenvalue weighted by Gasteiger charge is 2.49. The summed E-state index contributed by atoms with van der Waals surface area (Å²) in [5.41, 5.74) is 0.424. The number of rotatable bonds is 1. The Hall–Kier alpha value is -0.130. The summed E-state index contributed by atoms with van der Waals surface area (Å²) >= 11 is 0. The molecule has 2 fully saturated rings. The summed E-state index contributed by atoms with van der Waals surface area (Å²) in [4.78, 5) is 2.50. The van der Waals surface area contributed by atoms with E-state index in [1.165, 1.54) is 19.1 Å². The lowest BCUT2D eigenvalue weighted by atomic mass is 9.74. The van der Waals surface area contributed by atoms with E-state index in [0.717, 1.165) is 26.2 Å². The number of hydrogen-bond acceptors (Lipinski definition) is 3. The minimum absolute atomic E-state index is 0.193. The van der Waals surface area contributed by atoms with Crippen molar-refractivity contribution in [3.8, 4) is 0 Å². The number of likely N-dealkylation sites (tertiary alicyclic amines) is 1. The predicted molar refractivity (Wildman–Crippen MR) is 69.4 cm³/mol. The first-order chi connectivity index (χ1) is 7.62. The second-order valence-corrected chi connectivity index (χ2v) is 8.71. The maximum absolute atomic E-state index is 11.4. The highest BCUT2D eigenvalue weighted by atomic mass is 32.2. The predicted octanol–water partition coefficient (Wildman–Crippen LogP) is 1.14. The van der Waals surface area contributed by atoms with E-state index in [-0.39, 0.29) is 11.0 Å². The van der Waals surface area contributed by atoms with Crippen LogP contribution in [0.15, 0.2) is 0 Å². The lowest BCUT2D eigenvalue weighted by molar-refractivity contribution is -0.0405. The average Bonchev–Trinajstić information content (AvgIpc) is 2.11. The van der Waals surface area contributed by atoms with Crippen molar-refractivity contribution < 1.29 is 8.42 Å². The Balaban J connectivity index is 2.01. The fourth-order valence-electron chi connectivity index (χ4n) is 2.98. The minimum Gasteiger partial charge on any atom is -0.298 e. The molecule has 4 nitrogen and oxygen atoms in total. The van der Waals surface area contributed by atoms with Crippen LogP contribution in [0.3, 0.4) is 0 Å². The molecule has 1 spiro atoms.